The highest BCUT2D eigenvalue weighted by molar-refractivity contribution is 5.97. The second-order valence-electron chi connectivity index (χ2n) is 9.97. The summed E-state index contributed by atoms with van der Waals surface area (Å²) in [4.78, 5) is 14.1. The summed E-state index contributed by atoms with van der Waals surface area (Å²) in [7, 11) is 0. The molecule has 5 nitrogen and oxygen atoms in total. The first kappa shape index (κ1) is 22.5. The van der Waals surface area contributed by atoms with Gasteiger partial charge in [0.2, 0.25) is 5.43 Å². The molecule has 0 amide bonds. The summed E-state index contributed by atoms with van der Waals surface area (Å²) in [6.45, 7) is 3.77. The van der Waals surface area contributed by atoms with Crippen LogP contribution in [0.1, 0.15) is 36.3 Å². The maximum atomic E-state index is 14.1. The fraction of sp³-hybridized carbons (Fsp3) is 0.226. The Bertz CT molecular complexity index is 1610. The highest BCUT2D eigenvalue weighted by Crippen LogP contribution is 2.38. The largest absolute Gasteiger partial charge is 0.454 e. The van der Waals surface area contributed by atoms with Gasteiger partial charge in [0, 0.05) is 16.7 Å². The molecule has 6 rings (SSSR count). The van der Waals surface area contributed by atoms with E-state index in [1.807, 2.05) is 74.5 Å². The van der Waals surface area contributed by atoms with Gasteiger partial charge in [-0.1, -0.05) is 71.9 Å². The molecule has 1 saturated carbocycles. The van der Waals surface area contributed by atoms with Gasteiger partial charge in [-0.3, -0.25) is 4.79 Å². The number of nitrogens with zero attached hydrogens (tertiary/aromatic N) is 1. The third-order valence-corrected chi connectivity index (χ3v) is 7.40. The normalized spacial score (nSPS) is 14.6. The number of rotatable bonds is 5. The molecule has 1 aliphatic rings. The van der Waals surface area contributed by atoms with Gasteiger partial charge < -0.3 is 14.7 Å². The Balaban J connectivity index is 1.57. The van der Waals surface area contributed by atoms with Crippen molar-refractivity contribution in [1.82, 2.24) is 5.16 Å². The van der Waals surface area contributed by atoms with Gasteiger partial charge in [-0.25, -0.2) is 0 Å². The fourth-order valence-electron chi connectivity index (χ4n) is 5.34. The molecule has 2 aromatic heterocycles. The first-order valence-electron chi connectivity index (χ1n) is 12.4. The molecule has 0 spiro atoms. The molecule has 0 bridgehead atoms. The molecule has 3 aromatic carbocycles. The second-order valence-corrected chi connectivity index (χ2v) is 9.97. The lowest BCUT2D eigenvalue weighted by Gasteiger charge is -2.38. The van der Waals surface area contributed by atoms with Crippen LogP contribution in [0.4, 0.5) is 0 Å². The molecular weight excluding hydrogens is 448 g/mol. The number of aryl methyl sites for hydroxylation is 2. The molecule has 2 N–H and O–H groups in total. The van der Waals surface area contributed by atoms with E-state index in [1.54, 1.807) is 0 Å². The van der Waals surface area contributed by atoms with Crippen molar-refractivity contribution in [2.45, 2.75) is 45.1 Å². The van der Waals surface area contributed by atoms with Crippen molar-refractivity contribution in [1.29, 1.82) is 0 Å². The summed E-state index contributed by atoms with van der Waals surface area (Å²) in [5.41, 5.74) is 12.7. The molecule has 36 heavy (non-hydrogen) atoms. The van der Waals surface area contributed by atoms with Crippen molar-refractivity contribution >= 4 is 11.0 Å². The van der Waals surface area contributed by atoms with Gasteiger partial charge in [-0.15, -0.1) is 0 Å². The van der Waals surface area contributed by atoms with E-state index in [2.05, 4.69) is 17.3 Å². The monoisotopic (exact) mass is 476 g/mol. The first-order chi connectivity index (χ1) is 17.4. The van der Waals surface area contributed by atoms with Crippen LogP contribution in [-0.2, 0) is 6.42 Å². The van der Waals surface area contributed by atoms with Gasteiger partial charge in [0.1, 0.15) is 17.1 Å². The standard InChI is InChI=1S/C31H28N2O3/c1-19-26(20(2)36-33-19)24-10-6-11-25-28(34)27(29(35-30(24)25)23-8-4-3-5-9-23)22-14-12-21(13-15-22)18-31(32)16-7-17-31/h3-6,8-15H,7,16-18,32H2,1-2H3. The zero-order valence-corrected chi connectivity index (χ0v) is 20.5. The van der Waals surface area contributed by atoms with Gasteiger partial charge in [0.05, 0.1) is 22.2 Å². The van der Waals surface area contributed by atoms with Crippen LogP contribution in [0.3, 0.4) is 0 Å². The summed E-state index contributed by atoms with van der Waals surface area (Å²) >= 11 is 0. The number of benzene rings is 3. The second kappa shape index (κ2) is 8.61. The van der Waals surface area contributed by atoms with Crippen LogP contribution in [0, 0.1) is 13.8 Å². The van der Waals surface area contributed by atoms with E-state index in [1.165, 1.54) is 12.0 Å². The lowest BCUT2D eigenvalue weighted by atomic mass is 9.74. The van der Waals surface area contributed by atoms with Crippen molar-refractivity contribution in [2.24, 2.45) is 5.73 Å². The number of hydrogen-bond donors (Lipinski definition) is 1. The molecule has 5 heteroatoms. The Kier molecular flexibility index (Phi) is 5.38. The molecule has 1 aliphatic carbocycles. The molecule has 0 atom stereocenters. The lowest BCUT2D eigenvalue weighted by Crippen LogP contribution is -2.48. The number of fused-ring (bicyclic) bond motifs is 1. The van der Waals surface area contributed by atoms with Crippen molar-refractivity contribution in [3.8, 4) is 33.6 Å². The van der Waals surface area contributed by atoms with Crippen molar-refractivity contribution in [2.75, 3.05) is 0 Å². The van der Waals surface area contributed by atoms with Gasteiger partial charge >= 0.3 is 0 Å². The summed E-state index contributed by atoms with van der Waals surface area (Å²) in [6.07, 6.45) is 4.18. The number of hydrogen-bond acceptors (Lipinski definition) is 5. The number of para-hydroxylation sites is 1. The maximum Gasteiger partial charge on any atom is 0.201 e. The van der Waals surface area contributed by atoms with E-state index in [0.29, 0.717) is 28.1 Å². The van der Waals surface area contributed by atoms with E-state index < -0.39 is 0 Å². The molecular formula is C31H28N2O3. The van der Waals surface area contributed by atoms with Crippen LogP contribution < -0.4 is 11.2 Å². The van der Waals surface area contributed by atoms with Gasteiger partial charge in [-0.2, -0.15) is 0 Å². The Morgan fingerprint density at radius 1 is 0.889 bits per heavy atom. The van der Waals surface area contributed by atoms with Gasteiger partial charge in [0.15, 0.2) is 0 Å². The van der Waals surface area contributed by atoms with E-state index in [0.717, 1.165) is 47.2 Å². The Morgan fingerprint density at radius 2 is 1.64 bits per heavy atom. The smallest absolute Gasteiger partial charge is 0.201 e. The minimum Gasteiger partial charge on any atom is -0.454 e. The van der Waals surface area contributed by atoms with Gasteiger partial charge in [0.25, 0.3) is 0 Å². The molecule has 0 unspecified atom stereocenters. The molecule has 1 fully saturated rings. The highest BCUT2D eigenvalue weighted by Gasteiger charge is 2.32. The van der Waals surface area contributed by atoms with E-state index in [4.69, 9.17) is 14.7 Å². The predicted molar refractivity (Wildman–Crippen MR) is 143 cm³/mol. The zero-order valence-electron chi connectivity index (χ0n) is 20.5. The lowest BCUT2D eigenvalue weighted by molar-refractivity contribution is 0.247. The molecule has 2 heterocycles. The van der Waals surface area contributed by atoms with Crippen LogP contribution in [0.5, 0.6) is 0 Å². The molecule has 0 saturated heterocycles. The average Bonchev–Trinajstić information content (AvgIpc) is 3.21. The van der Waals surface area contributed by atoms with Crippen molar-refractivity contribution in [3.05, 3.63) is 100 Å². The first-order valence-corrected chi connectivity index (χ1v) is 12.4. The summed E-state index contributed by atoms with van der Waals surface area (Å²) in [6, 6.07) is 23.6. The molecule has 180 valence electrons. The maximum absolute atomic E-state index is 14.1. The summed E-state index contributed by atoms with van der Waals surface area (Å²) < 4.78 is 12.0. The minimum absolute atomic E-state index is 0.0641. The van der Waals surface area contributed by atoms with Crippen LogP contribution in [0.15, 0.2) is 86.5 Å². The molecule has 0 radical (unpaired) electrons. The number of nitrogens with two attached hydrogens (primary N) is 1. The van der Waals surface area contributed by atoms with Crippen LogP contribution >= 0.6 is 0 Å². The average molecular weight is 477 g/mol. The molecule has 5 aromatic rings. The predicted octanol–water partition coefficient (Wildman–Crippen LogP) is 6.82. The van der Waals surface area contributed by atoms with Crippen LogP contribution in [-0.4, -0.2) is 10.7 Å². The topological polar surface area (TPSA) is 82.3 Å². The van der Waals surface area contributed by atoms with Crippen molar-refractivity contribution in [3.63, 3.8) is 0 Å². The highest BCUT2D eigenvalue weighted by atomic mass is 16.5. The summed E-state index contributed by atoms with van der Waals surface area (Å²) in [5, 5.41) is 4.64. The van der Waals surface area contributed by atoms with Crippen LogP contribution in [0.2, 0.25) is 0 Å². The van der Waals surface area contributed by atoms with Crippen molar-refractivity contribution < 1.29 is 8.94 Å². The molecule has 0 aliphatic heterocycles. The number of aromatic nitrogens is 1. The van der Waals surface area contributed by atoms with E-state index >= 15 is 0 Å². The SMILES string of the molecule is Cc1noc(C)c1-c1cccc2c(=O)c(-c3ccc(CC4(N)CCC4)cc3)c(-c3ccccc3)oc12. The fourth-order valence-corrected chi connectivity index (χ4v) is 5.34. The van der Waals surface area contributed by atoms with E-state index in [9.17, 15) is 4.79 Å². The Hall–Kier alpha value is -3.96. The Labute approximate surface area is 209 Å². The third-order valence-electron chi connectivity index (χ3n) is 7.40. The quantitative estimate of drug-likeness (QED) is 0.301. The Morgan fingerprint density at radius 3 is 2.28 bits per heavy atom. The summed E-state index contributed by atoms with van der Waals surface area (Å²) in [5.74, 6) is 1.24. The van der Waals surface area contributed by atoms with Crippen LogP contribution in [0.25, 0.3) is 44.5 Å². The zero-order chi connectivity index (χ0) is 24.9. The van der Waals surface area contributed by atoms with Gasteiger partial charge in [-0.05, 0) is 56.7 Å². The van der Waals surface area contributed by atoms with E-state index in [-0.39, 0.29) is 11.0 Å². The third kappa shape index (κ3) is 3.76. The minimum atomic E-state index is -0.0900.